The molecule has 0 saturated carbocycles. The van der Waals surface area contributed by atoms with Gasteiger partial charge in [-0.25, -0.2) is 0 Å². The lowest BCUT2D eigenvalue weighted by Gasteiger charge is -2.13. The normalized spacial score (nSPS) is 12.1. The van der Waals surface area contributed by atoms with Crippen LogP contribution in [0.15, 0.2) is 28.7 Å². The molecule has 2 aromatic heterocycles. The number of rotatable bonds is 6. The standard InChI is InChI=1S/C13H14N2O5S/c1-8-3-5-11(21-8)10(19-2)7-14-13(16)9-4-6-12(20-9)15(17)18/h3-6,10H,7H2,1-2H3,(H,14,16). The van der Waals surface area contributed by atoms with Crippen molar-refractivity contribution in [2.75, 3.05) is 13.7 Å². The molecule has 0 aliphatic carbocycles. The molecule has 1 unspecified atom stereocenters. The van der Waals surface area contributed by atoms with Crippen LogP contribution in [0.2, 0.25) is 0 Å². The molecule has 0 aromatic carbocycles. The fraction of sp³-hybridized carbons (Fsp3) is 0.308. The molecule has 0 saturated heterocycles. The maximum Gasteiger partial charge on any atom is 0.433 e. The van der Waals surface area contributed by atoms with Crippen LogP contribution in [0.25, 0.3) is 0 Å². The van der Waals surface area contributed by atoms with E-state index in [2.05, 4.69) is 5.32 Å². The van der Waals surface area contributed by atoms with E-state index in [1.807, 2.05) is 19.1 Å². The molecule has 0 fully saturated rings. The summed E-state index contributed by atoms with van der Waals surface area (Å²) in [5, 5.41) is 13.1. The molecule has 2 rings (SSSR count). The monoisotopic (exact) mass is 310 g/mol. The first-order valence-electron chi connectivity index (χ1n) is 6.13. The first kappa shape index (κ1) is 15.2. The van der Waals surface area contributed by atoms with Crippen LogP contribution >= 0.6 is 11.3 Å². The van der Waals surface area contributed by atoms with Crippen molar-refractivity contribution in [1.29, 1.82) is 0 Å². The third-order valence-corrected chi connectivity index (χ3v) is 3.90. The van der Waals surface area contributed by atoms with Gasteiger partial charge in [0.1, 0.15) is 11.0 Å². The van der Waals surface area contributed by atoms with Crippen LogP contribution in [-0.4, -0.2) is 24.5 Å². The van der Waals surface area contributed by atoms with Gasteiger partial charge < -0.3 is 14.5 Å². The van der Waals surface area contributed by atoms with Gasteiger partial charge in [-0.2, -0.15) is 0 Å². The number of hydrogen-bond donors (Lipinski definition) is 1. The molecule has 7 nitrogen and oxygen atoms in total. The molecule has 21 heavy (non-hydrogen) atoms. The number of carbonyl (C=O) groups is 1. The van der Waals surface area contributed by atoms with E-state index in [1.54, 1.807) is 18.4 Å². The summed E-state index contributed by atoms with van der Waals surface area (Å²) in [4.78, 5) is 23.8. The predicted molar refractivity (Wildman–Crippen MR) is 76.5 cm³/mol. The van der Waals surface area contributed by atoms with Crippen molar-refractivity contribution >= 4 is 23.1 Å². The topological polar surface area (TPSA) is 94.6 Å². The lowest BCUT2D eigenvalue weighted by molar-refractivity contribution is -0.402. The summed E-state index contributed by atoms with van der Waals surface area (Å²) in [7, 11) is 1.56. The van der Waals surface area contributed by atoms with E-state index >= 15 is 0 Å². The molecule has 2 heterocycles. The first-order valence-corrected chi connectivity index (χ1v) is 6.94. The van der Waals surface area contributed by atoms with Gasteiger partial charge in [-0.15, -0.1) is 11.3 Å². The predicted octanol–water partition coefficient (Wildman–Crippen LogP) is 2.68. The van der Waals surface area contributed by atoms with Crippen LogP contribution in [0.5, 0.6) is 0 Å². The molecule has 0 aliphatic rings. The second-order valence-corrected chi connectivity index (χ2v) is 5.60. The Labute approximate surface area is 124 Å². The molecule has 112 valence electrons. The smallest absolute Gasteiger partial charge is 0.395 e. The van der Waals surface area contributed by atoms with Gasteiger partial charge in [0.2, 0.25) is 0 Å². The molecule has 0 aliphatic heterocycles. The number of hydrogen-bond acceptors (Lipinski definition) is 6. The van der Waals surface area contributed by atoms with Crippen LogP contribution < -0.4 is 5.32 Å². The number of amides is 1. The van der Waals surface area contributed by atoms with Crippen LogP contribution in [-0.2, 0) is 4.74 Å². The summed E-state index contributed by atoms with van der Waals surface area (Å²) in [6, 6.07) is 6.33. The number of ether oxygens (including phenoxy) is 1. The van der Waals surface area contributed by atoms with E-state index in [4.69, 9.17) is 9.15 Å². The molecule has 1 N–H and O–H groups in total. The minimum Gasteiger partial charge on any atom is -0.395 e. The summed E-state index contributed by atoms with van der Waals surface area (Å²) in [6.45, 7) is 2.24. The fourth-order valence-electron chi connectivity index (χ4n) is 1.75. The number of aryl methyl sites for hydroxylation is 1. The number of carbonyl (C=O) groups excluding carboxylic acids is 1. The fourth-order valence-corrected chi connectivity index (χ4v) is 2.70. The molecule has 1 amide bonds. The second-order valence-electron chi connectivity index (χ2n) is 4.28. The third kappa shape index (κ3) is 3.67. The summed E-state index contributed by atoms with van der Waals surface area (Å²) >= 11 is 1.59. The number of nitrogens with zero attached hydrogens (tertiary/aromatic N) is 1. The van der Waals surface area contributed by atoms with E-state index in [1.165, 1.54) is 6.07 Å². The quantitative estimate of drug-likeness (QED) is 0.654. The maximum atomic E-state index is 11.9. The van der Waals surface area contributed by atoms with E-state index in [0.29, 0.717) is 0 Å². The molecular formula is C13H14N2O5S. The highest BCUT2D eigenvalue weighted by atomic mass is 32.1. The summed E-state index contributed by atoms with van der Waals surface area (Å²) in [6.07, 6.45) is -0.266. The van der Waals surface area contributed by atoms with Gasteiger partial charge in [-0.05, 0) is 25.1 Å². The third-order valence-electron chi connectivity index (χ3n) is 2.81. The van der Waals surface area contributed by atoms with E-state index in [0.717, 1.165) is 15.8 Å². The Kier molecular flexibility index (Phi) is 4.71. The zero-order chi connectivity index (χ0) is 15.4. The summed E-state index contributed by atoms with van der Waals surface area (Å²) in [5.74, 6) is -1.07. The van der Waals surface area contributed by atoms with Gasteiger partial charge >= 0.3 is 5.88 Å². The molecule has 0 radical (unpaired) electrons. The van der Waals surface area contributed by atoms with Gasteiger partial charge in [-0.3, -0.25) is 14.9 Å². The number of thiophene rings is 1. The Morgan fingerprint density at radius 2 is 2.24 bits per heavy atom. The largest absolute Gasteiger partial charge is 0.433 e. The highest BCUT2D eigenvalue weighted by Gasteiger charge is 2.19. The Bertz CT molecular complexity index is 649. The highest BCUT2D eigenvalue weighted by Crippen LogP contribution is 2.24. The zero-order valence-corrected chi connectivity index (χ0v) is 12.3. The van der Waals surface area contributed by atoms with Crippen LogP contribution in [0.1, 0.15) is 26.4 Å². The number of methoxy groups -OCH3 is 1. The lowest BCUT2D eigenvalue weighted by atomic mass is 10.2. The molecule has 2 aromatic rings. The van der Waals surface area contributed by atoms with Gasteiger partial charge in [0.05, 0.1) is 6.07 Å². The number of nitrogens with one attached hydrogen (secondary N) is 1. The SMILES string of the molecule is COC(CNC(=O)c1ccc([N+](=O)[O-])o1)c1ccc(C)s1. The van der Waals surface area contributed by atoms with Crippen LogP contribution in [0.4, 0.5) is 5.88 Å². The average Bonchev–Trinajstić information content (AvgIpc) is 3.08. The van der Waals surface area contributed by atoms with Crippen molar-refractivity contribution in [1.82, 2.24) is 5.32 Å². The summed E-state index contributed by atoms with van der Waals surface area (Å²) in [5.41, 5.74) is 0. The van der Waals surface area contributed by atoms with Crippen molar-refractivity contribution in [3.05, 3.63) is 49.9 Å². The maximum absolute atomic E-state index is 11.9. The number of nitro groups is 1. The van der Waals surface area contributed by atoms with Crippen LogP contribution in [0.3, 0.4) is 0 Å². The molecule has 8 heteroatoms. The van der Waals surface area contributed by atoms with Crippen molar-refractivity contribution in [3.63, 3.8) is 0 Å². The Morgan fingerprint density at radius 3 is 2.76 bits per heavy atom. The Hall–Kier alpha value is -2.19. The molecule has 0 bridgehead atoms. The molecule has 0 spiro atoms. The zero-order valence-electron chi connectivity index (χ0n) is 11.5. The van der Waals surface area contributed by atoms with Gasteiger partial charge in [0, 0.05) is 23.4 Å². The van der Waals surface area contributed by atoms with E-state index < -0.39 is 16.7 Å². The lowest BCUT2D eigenvalue weighted by Crippen LogP contribution is -2.28. The molecular weight excluding hydrogens is 296 g/mol. The summed E-state index contributed by atoms with van der Waals surface area (Å²) < 4.78 is 10.2. The van der Waals surface area contributed by atoms with Gasteiger partial charge in [0.15, 0.2) is 5.76 Å². The Balaban J connectivity index is 1.97. The Morgan fingerprint density at radius 1 is 1.48 bits per heavy atom. The van der Waals surface area contributed by atoms with Gasteiger partial charge in [-0.1, -0.05) is 0 Å². The average molecular weight is 310 g/mol. The molecule has 1 atom stereocenters. The van der Waals surface area contributed by atoms with Crippen molar-refractivity contribution in [3.8, 4) is 0 Å². The highest BCUT2D eigenvalue weighted by molar-refractivity contribution is 7.12. The van der Waals surface area contributed by atoms with Crippen LogP contribution in [0, 0.1) is 17.0 Å². The van der Waals surface area contributed by atoms with Gasteiger partial charge in [0.25, 0.3) is 5.91 Å². The van der Waals surface area contributed by atoms with E-state index in [-0.39, 0.29) is 18.4 Å². The number of furan rings is 1. The van der Waals surface area contributed by atoms with Crippen molar-refractivity contribution in [2.45, 2.75) is 13.0 Å². The van der Waals surface area contributed by atoms with Crippen molar-refractivity contribution in [2.24, 2.45) is 0 Å². The van der Waals surface area contributed by atoms with Crippen molar-refractivity contribution < 1.29 is 18.9 Å². The first-order chi connectivity index (χ1) is 10.0. The minimum absolute atomic E-state index is 0.0982. The minimum atomic E-state index is -0.691. The second kappa shape index (κ2) is 6.51. The van der Waals surface area contributed by atoms with E-state index in [9.17, 15) is 14.9 Å².